The summed E-state index contributed by atoms with van der Waals surface area (Å²) in [7, 11) is 0. The smallest absolute Gasteiger partial charge is 0.407 e. The maximum Gasteiger partial charge on any atom is 0.407 e. The van der Waals surface area contributed by atoms with Crippen LogP contribution >= 0.6 is 0 Å². The number of nitrogens with one attached hydrogen (secondary N) is 2. The predicted octanol–water partition coefficient (Wildman–Crippen LogP) is 7.23. The van der Waals surface area contributed by atoms with Gasteiger partial charge in [0, 0.05) is 62.2 Å². The van der Waals surface area contributed by atoms with E-state index in [-0.39, 0.29) is 18.9 Å². The Hall–Kier alpha value is -5.20. The summed E-state index contributed by atoms with van der Waals surface area (Å²) in [6.45, 7) is 7.68. The van der Waals surface area contributed by atoms with Gasteiger partial charge >= 0.3 is 24.0 Å². The monoisotopic (exact) mass is 780 g/mol. The number of aromatic nitrogens is 1. The molecule has 12 nitrogen and oxygen atoms in total. The normalized spacial score (nSPS) is 19.9. The minimum absolute atomic E-state index is 0.228. The van der Waals surface area contributed by atoms with E-state index >= 15 is 0 Å². The molecule has 3 fully saturated rings. The van der Waals surface area contributed by atoms with Crippen LogP contribution in [0.4, 0.5) is 4.79 Å². The average Bonchev–Trinajstić information content (AvgIpc) is 3.88. The zero-order valence-corrected chi connectivity index (χ0v) is 33.1. The molecule has 4 heterocycles. The number of carbonyl (C=O) groups excluding carboxylic acids is 4. The SMILES string of the molecule is CC(C)(C)OC(=O)NCCc1c[nH]c2ccc(OC(=O)CCC(=O)OCOC(C(=O)OC3CC4CCC(C3)[N+]43CCCC3)(c3ccccc3)c3ccccc3)cc12. The lowest BCUT2D eigenvalue weighted by Crippen LogP contribution is -2.60. The Morgan fingerprint density at radius 2 is 1.46 bits per heavy atom. The number of aromatic amines is 1. The summed E-state index contributed by atoms with van der Waals surface area (Å²) < 4.78 is 30.4. The van der Waals surface area contributed by atoms with Crippen LogP contribution in [0.5, 0.6) is 5.75 Å². The second-order valence-electron chi connectivity index (χ2n) is 16.5. The van der Waals surface area contributed by atoms with Gasteiger partial charge in [0.25, 0.3) is 0 Å². The van der Waals surface area contributed by atoms with Crippen LogP contribution in [0.25, 0.3) is 10.9 Å². The zero-order valence-electron chi connectivity index (χ0n) is 33.1. The highest BCUT2D eigenvalue weighted by Crippen LogP contribution is 2.47. The molecule has 3 aliphatic rings. The van der Waals surface area contributed by atoms with Crippen LogP contribution in [0, 0.1) is 0 Å². The van der Waals surface area contributed by atoms with Crippen molar-refractivity contribution in [3.8, 4) is 5.75 Å². The van der Waals surface area contributed by atoms with Gasteiger partial charge < -0.3 is 38.5 Å². The van der Waals surface area contributed by atoms with Crippen LogP contribution < -0.4 is 10.1 Å². The average molecular weight is 781 g/mol. The number of fused-ring (bicyclic) bond motifs is 1. The maximum absolute atomic E-state index is 14.6. The van der Waals surface area contributed by atoms with Crippen molar-refractivity contribution in [2.24, 2.45) is 0 Å². The number of hydrogen-bond donors (Lipinski definition) is 2. The Morgan fingerprint density at radius 1 is 0.825 bits per heavy atom. The molecule has 12 heteroatoms. The number of hydrogen-bond acceptors (Lipinski definition) is 9. The van der Waals surface area contributed by atoms with Gasteiger partial charge in [-0.1, -0.05) is 60.7 Å². The highest BCUT2D eigenvalue weighted by atomic mass is 16.7. The number of nitrogens with zero attached hydrogens (tertiary/aromatic N) is 1. The van der Waals surface area contributed by atoms with E-state index < -0.39 is 42.0 Å². The second-order valence-corrected chi connectivity index (χ2v) is 16.5. The van der Waals surface area contributed by atoms with Crippen LogP contribution in [0.15, 0.2) is 85.1 Å². The van der Waals surface area contributed by atoms with Crippen molar-refractivity contribution in [1.29, 1.82) is 0 Å². The first-order chi connectivity index (χ1) is 27.4. The highest BCUT2D eigenvalue weighted by molar-refractivity contribution is 5.87. The lowest BCUT2D eigenvalue weighted by molar-refractivity contribution is -0.956. The molecule has 2 bridgehead atoms. The van der Waals surface area contributed by atoms with Gasteiger partial charge in [0.15, 0.2) is 6.79 Å². The van der Waals surface area contributed by atoms with E-state index in [9.17, 15) is 19.2 Å². The third kappa shape index (κ3) is 9.02. The molecule has 3 saturated heterocycles. The molecule has 4 aromatic rings. The number of ether oxygens (including phenoxy) is 5. The van der Waals surface area contributed by atoms with Gasteiger partial charge in [-0.15, -0.1) is 0 Å². The molecule has 0 aliphatic carbocycles. The van der Waals surface area contributed by atoms with Crippen molar-refractivity contribution >= 4 is 34.9 Å². The Morgan fingerprint density at radius 3 is 2.09 bits per heavy atom. The van der Waals surface area contributed by atoms with Gasteiger partial charge in [-0.25, -0.2) is 9.59 Å². The molecular weight excluding hydrogens is 727 g/mol. The van der Waals surface area contributed by atoms with Crippen molar-refractivity contribution in [2.75, 3.05) is 26.4 Å². The van der Waals surface area contributed by atoms with Crippen LogP contribution in [0.1, 0.15) is 88.8 Å². The molecule has 0 radical (unpaired) electrons. The molecule has 302 valence electrons. The Bertz CT molecular complexity index is 1980. The van der Waals surface area contributed by atoms with Gasteiger partial charge in [0.05, 0.1) is 38.0 Å². The van der Waals surface area contributed by atoms with Crippen molar-refractivity contribution < 1.29 is 47.3 Å². The highest BCUT2D eigenvalue weighted by Gasteiger charge is 2.57. The fraction of sp³-hybridized carbons (Fsp3) is 0.467. The first-order valence-electron chi connectivity index (χ1n) is 20.2. The largest absolute Gasteiger partial charge is 0.459 e. The number of piperidine rings is 1. The molecule has 2 N–H and O–H groups in total. The lowest BCUT2D eigenvalue weighted by atomic mass is 9.85. The summed E-state index contributed by atoms with van der Waals surface area (Å²) >= 11 is 0. The number of alkyl carbamates (subject to hydrolysis) is 1. The molecule has 7 rings (SSSR count). The number of H-pyrrole nitrogens is 1. The third-order valence-corrected chi connectivity index (χ3v) is 11.7. The number of benzene rings is 3. The number of rotatable bonds is 14. The molecule has 3 aliphatic heterocycles. The summed E-state index contributed by atoms with van der Waals surface area (Å²) in [6.07, 6.45) is 7.70. The molecule has 3 aromatic carbocycles. The summed E-state index contributed by atoms with van der Waals surface area (Å²) in [4.78, 5) is 55.7. The van der Waals surface area contributed by atoms with Crippen molar-refractivity contribution in [3.63, 3.8) is 0 Å². The molecule has 57 heavy (non-hydrogen) atoms. The quantitative estimate of drug-likeness (QED) is 0.0446. The molecule has 0 saturated carbocycles. The minimum Gasteiger partial charge on any atom is -0.459 e. The van der Waals surface area contributed by atoms with E-state index in [1.54, 1.807) is 39.0 Å². The fourth-order valence-electron chi connectivity index (χ4n) is 9.20. The number of carbonyl (C=O) groups is 4. The predicted molar refractivity (Wildman–Crippen MR) is 212 cm³/mol. The van der Waals surface area contributed by atoms with E-state index in [1.165, 1.54) is 43.3 Å². The summed E-state index contributed by atoms with van der Waals surface area (Å²) in [5, 5.41) is 3.60. The van der Waals surface area contributed by atoms with E-state index in [4.69, 9.17) is 23.7 Å². The fourth-order valence-corrected chi connectivity index (χ4v) is 9.20. The van der Waals surface area contributed by atoms with Crippen LogP contribution in [0.3, 0.4) is 0 Å². The maximum atomic E-state index is 14.6. The topological polar surface area (TPSA) is 142 Å². The zero-order chi connectivity index (χ0) is 40.0. The van der Waals surface area contributed by atoms with Gasteiger partial charge in [0.2, 0.25) is 5.60 Å². The van der Waals surface area contributed by atoms with Crippen molar-refractivity contribution in [1.82, 2.24) is 10.3 Å². The van der Waals surface area contributed by atoms with Crippen LogP contribution in [-0.4, -0.2) is 83.7 Å². The number of quaternary nitrogens is 1. The van der Waals surface area contributed by atoms with Crippen LogP contribution in [-0.2, 0) is 45.4 Å². The summed E-state index contributed by atoms with van der Waals surface area (Å²) in [6, 6.07) is 24.6. The van der Waals surface area contributed by atoms with E-state index in [0.29, 0.717) is 41.9 Å². The number of esters is 3. The third-order valence-electron chi connectivity index (χ3n) is 11.7. The lowest BCUT2D eigenvalue weighted by Gasteiger charge is -2.47. The summed E-state index contributed by atoms with van der Waals surface area (Å²) in [5.41, 5.74) is 0.608. The van der Waals surface area contributed by atoms with Crippen molar-refractivity contribution in [3.05, 3.63) is 102 Å². The van der Waals surface area contributed by atoms with E-state index in [0.717, 1.165) is 29.3 Å². The van der Waals surface area contributed by atoms with Gasteiger partial charge in [0.1, 0.15) is 17.5 Å². The van der Waals surface area contributed by atoms with Gasteiger partial charge in [-0.2, -0.15) is 0 Å². The Kier molecular flexibility index (Phi) is 12.0. The standard InChI is InChI=1S/C45H53N3O9/c1-44(2,3)57-43(52)46-23-22-31-29-47-39-19-18-36(28-38(31)39)55-41(50)21-20-40(49)53-30-54-45(32-12-6-4-7-13-32,33-14-8-5-9-15-33)42(51)56-37-26-34-16-17-35(27-37)48(34)24-10-11-25-48/h4-9,12-15,18-19,28-29,34-35,37,47H,10-11,16-17,20-27,30H2,1-3H3/p+1. The van der Waals surface area contributed by atoms with Crippen molar-refractivity contribution in [2.45, 2.75) is 108 Å². The van der Waals surface area contributed by atoms with E-state index in [1.807, 2.05) is 66.9 Å². The molecule has 2 atom stereocenters. The van der Waals surface area contributed by atoms with E-state index in [2.05, 4.69) is 10.3 Å². The molecule has 2 unspecified atom stereocenters. The van der Waals surface area contributed by atoms with Gasteiger partial charge in [-0.05, 0) is 62.1 Å². The second kappa shape index (κ2) is 17.1. The van der Waals surface area contributed by atoms with Gasteiger partial charge in [-0.3, -0.25) is 9.59 Å². The number of amides is 1. The summed E-state index contributed by atoms with van der Waals surface area (Å²) in [5.74, 6) is -1.51. The minimum atomic E-state index is -1.69. The Labute approximate surface area is 333 Å². The molecular formula is C45H54N3O9+. The molecule has 1 amide bonds. The first-order valence-corrected chi connectivity index (χ1v) is 20.2. The molecule has 1 spiro atoms. The van der Waals surface area contributed by atoms with Crippen LogP contribution in [0.2, 0.25) is 0 Å². The molecule has 1 aromatic heterocycles. The first kappa shape index (κ1) is 40.0. The Balaban J connectivity index is 0.959.